The number of aromatic hydroxyl groups is 1. The summed E-state index contributed by atoms with van der Waals surface area (Å²) in [5.41, 5.74) is 3.81. The number of Topliss-reactive ketones (excluding diaryl/α,β-unsaturated/α-hetero) is 1. The molecule has 0 amide bonds. The number of rotatable bonds is 1. The van der Waals surface area contributed by atoms with Gasteiger partial charge >= 0.3 is 0 Å². The lowest BCUT2D eigenvalue weighted by molar-refractivity contribution is 0.107. The first-order valence-corrected chi connectivity index (χ1v) is 6.70. The van der Waals surface area contributed by atoms with Crippen LogP contribution in [0.1, 0.15) is 21.5 Å². The number of aryl methyl sites for hydroxylation is 1. The highest BCUT2D eigenvalue weighted by atomic mass is 16.3. The number of hydrogen-bond acceptors (Lipinski definition) is 3. The summed E-state index contributed by atoms with van der Waals surface area (Å²) >= 11 is 0. The molecule has 0 unspecified atom stereocenters. The highest BCUT2D eigenvalue weighted by Crippen LogP contribution is 2.36. The fourth-order valence-corrected chi connectivity index (χ4v) is 2.87. The van der Waals surface area contributed by atoms with Gasteiger partial charge < -0.3 is 10.1 Å². The van der Waals surface area contributed by atoms with E-state index in [1.807, 2.05) is 37.3 Å². The first-order valence-electron chi connectivity index (χ1n) is 6.70. The summed E-state index contributed by atoms with van der Waals surface area (Å²) in [7, 11) is 0. The standard InChI is InChI=1S/C17H12N2O2/c1-9-5-4-8-12-13(9)14(17(21)19-12)15-16(20)10-6-2-3-7-11(10)18-15/h2-8,19,21H,1H3. The van der Waals surface area contributed by atoms with Crippen LogP contribution in [0.5, 0.6) is 5.88 Å². The second kappa shape index (κ2) is 4.06. The summed E-state index contributed by atoms with van der Waals surface area (Å²) in [4.78, 5) is 19.9. The molecular formula is C17H12N2O2. The predicted molar refractivity (Wildman–Crippen MR) is 81.7 cm³/mol. The Morgan fingerprint density at radius 1 is 1.10 bits per heavy atom. The maximum Gasteiger partial charge on any atom is 0.214 e. The molecule has 1 aliphatic rings. The van der Waals surface area contributed by atoms with E-state index in [1.165, 1.54) is 0 Å². The molecule has 102 valence electrons. The molecule has 0 fully saturated rings. The number of hydrogen-bond donors (Lipinski definition) is 2. The van der Waals surface area contributed by atoms with Gasteiger partial charge in [0, 0.05) is 16.5 Å². The Morgan fingerprint density at radius 3 is 2.71 bits per heavy atom. The van der Waals surface area contributed by atoms with E-state index < -0.39 is 0 Å². The molecule has 0 aliphatic carbocycles. The zero-order valence-electron chi connectivity index (χ0n) is 11.3. The van der Waals surface area contributed by atoms with Crippen LogP contribution in [0.4, 0.5) is 5.69 Å². The number of aromatic nitrogens is 1. The van der Waals surface area contributed by atoms with Gasteiger partial charge in [-0.2, -0.15) is 0 Å². The molecular weight excluding hydrogens is 264 g/mol. The van der Waals surface area contributed by atoms with Crippen molar-refractivity contribution in [3.05, 3.63) is 59.2 Å². The SMILES string of the molecule is Cc1cccc2[nH]c(O)c(C3=Nc4ccccc4C3=O)c12. The number of nitrogens with zero attached hydrogens (tertiary/aromatic N) is 1. The molecule has 21 heavy (non-hydrogen) atoms. The zero-order valence-corrected chi connectivity index (χ0v) is 11.3. The van der Waals surface area contributed by atoms with Gasteiger partial charge in [0.2, 0.25) is 5.78 Å². The summed E-state index contributed by atoms with van der Waals surface area (Å²) in [6.45, 7) is 1.95. The summed E-state index contributed by atoms with van der Waals surface area (Å²) in [6.07, 6.45) is 0. The van der Waals surface area contributed by atoms with Gasteiger partial charge in [0.15, 0.2) is 5.88 Å². The number of nitrogens with one attached hydrogen (secondary N) is 1. The van der Waals surface area contributed by atoms with E-state index in [2.05, 4.69) is 9.98 Å². The molecule has 0 radical (unpaired) electrons. The van der Waals surface area contributed by atoms with Crippen LogP contribution in [-0.2, 0) is 0 Å². The van der Waals surface area contributed by atoms with Gasteiger partial charge in [0.05, 0.1) is 11.3 Å². The molecule has 1 aliphatic heterocycles. The number of carbonyl (C=O) groups is 1. The predicted octanol–water partition coefficient (Wildman–Crippen LogP) is 3.50. The van der Waals surface area contributed by atoms with Crippen LogP contribution in [-0.4, -0.2) is 21.6 Å². The quantitative estimate of drug-likeness (QED) is 0.714. The van der Waals surface area contributed by atoms with Crippen molar-refractivity contribution in [2.45, 2.75) is 6.92 Å². The maximum absolute atomic E-state index is 12.5. The maximum atomic E-state index is 12.5. The van der Waals surface area contributed by atoms with E-state index in [9.17, 15) is 9.90 Å². The van der Waals surface area contributed by atoms with Crippen LogP contribution in [0.3, 0.4) is 0 Å². The number of ketones is 1. The zero-order chi connectivity index (χ0) is 14.6. The van der Waals surface area contributed by atoms with Crippen LogP contribution in [0.15, 0.2) is 47.5 Å². The minimum Gasteiger partial charge on any atom is -0.494 e. The Labute approximate surface area is 120 Å². The molecule has 4 heteroatoms. The van der Waals surface area contributed by atoms with Crippen molar-refractivity contribution in [1.29, 1.82) is 0 Å². The van der Waals surface area contributed by atoms with Crippen molar-refractivity contribution in [3.63, 3.8) is 0 Å². The molecule has 3 aromatic rings. The highest BCUT2D eigenvalue weighted by Gasteiger charge is 2.30. The Morgan fingerprint density at radius 2 is 1.90 bits per heavy atom. The molecule has 0 saturated carbocycles. The van der Waals surface area contributed by atoms with Crippen LogP contribution in [0, 0.1) is 6.92 Å². The molecule has 4 nitrogen and oxygen atoms in total. The molecule has 1 aromatic heterocycles. The largest absolute Gasteiger partial charge is 0.494 e. The molecule has 0 atom stereocenters. The summed E-state index contributed by atoms with van der Waals surface area (Å²) in [5.74, 6) is -0.163. The Balaban J connectivity index is 2.02. The van der Waals surface area contributed by atoms with Crippen LogP contribution < -0.4 is 0 Å². The number of aliphatic imine (C=N–C) groups is 1. The van der Waals surface area contributed by atoms with Crippen LogP contribution >= 0.6 is 0 Å². The lowest BCUT2D eigenvalue weighted by atomic mass is 9.99. The van der Waals surface area contributed by atoms with Crippen LogP contribution in [0.2, 0.25) is 0 Å². The number of benzene rings is 2. The smallest absolute Gasteiger partial charge is 0.214 e. The molecule has 2 heterocycles. The van der Waals surface area contributed by atoms with Crippen molar-refractivity contribution in [3.8, 4) is 5.88 Å². The summed E-state index contributed by atoms with van der Waals surface area (Å²) < 4.78 is 0. The fraction of sp³-hybridized carbons (Fsp3) is 0.0588. The minimum atomic E-state index is -0.148. The Hall–Kier alpha value is -2.88. The van der Waals surface area contributed by atoms with Crippen molar-refractivity contribution in [2.24, 2.45) is 4.99 Å². The highest BCUT2D eigenvalue weighted by molar-refractivity contribution is 6.56. The average molecular weight is 276 g/mol. The van der Waals surface area contributed by atoms with Gasteiger partial charge in [0.25, 0.3) is 0 Å². The third-order valence-corrected chi connectivity index (χ3v) is 3.85. The van der Waals surface area contributed by atoms with E-state index in [4.69, 9.17) is 0 Å². The van der Waals surface area contributed by atoms with E-state index in [-0.39, 0.29) is 11.7 Å². The molecule has 2 N–H and O–H groups in total. The van der Waals surface area contributed by atoms with E-state index >= 15 is 0 Å². The normalized spacial score (nSPS) is 13.6. The first-order chi connectivity index (χ1) is 10.2. The monoisotopic (exact) mass is 276 g/mol. The van der Waals surface area contributed by atoms with Gasteiger partial charge in [-0.25, -0.2) is 4.99 Å². The number of carbonyl (C=O) groups excluding carboxylic acids is 1. The second-order valence-electron chi connectivity index (χ2n) is 5.15. The van der Waals surface area contributed by atoms with Gasteiger partial charge in [-0.3, -0.25) is 4.79 Å². The molecule has 0 spiro atoms. The number of H-pyrrole nitrogens is 1. The van der Waals surface area contributed by atoms with Crippen LogP contribution in [0.25, 0.3) is 10.9 Å². The average Bonchev–Trinajstić information content (AvgIpc) is 2.97. The van der Waals surface area contributed by atoms with Crippen molar-refractivity contribution >= 4 is 28.1 Å². The molecule has 0 bridgehead atoms. The third-order valence-electron chi connectivity index (χ3n) is 3.85. The lowest BCUT2D eigenvalue weighted by Gasteiger charge is -2.01. The first kappa shape index (κ1) is 11.9. The van der Waals surface area contributed by atoms with Crippen molar-refractivity contribution < 1.29 is 9.90 Å². The van der Waals surface area contributed by atoms with Gasteiger partial charge in [-0.05, 0) is 30.7 Å². The number of aromatic amines is 1. The van der Waals surface area contributed by atoms with Crippen molar-refractivity contribution in [1.82, 2.24) is 4.98 Å². The van der Waals surface area contributed by atoms with Crippen molar-refractivity contribution in [2.75, 3.05) is 0 Å². The summed E-state index contributed by atoms with van der Waals surface area (Å²) in [5, 5.41) is 11.1. The topological polar surface area (TPSA) is 65.4 Å². The third kappa shape index (κ3) is 1.56. The number of fused-ring (bicyclic) bond motifs is 2. The van der Waals surface area contributed by atoms with Gasteiger partial charge in [-0.15, -0.1) is 0 Å². The van der Waals surface area contributed by atoms with Gasteiger partial charge in [0.1, 0.15) is 5.71 Å². The molecule has 4 rings (SSSR count). The van der Waals surface area contributed by atoms with E-state index in [0.29, 0.717) is 22.5 Å². The molecule has 2 aromatic carbocycles. The summed E-state index contributed by atoms with van der Waals surface area (Å²) in [6, 6.07) is 13.0. The minimum absolute atomic E-state index is 0.0146. The van der Waals surface area contributed by atoms with E-state index in [0.717, 1.165) is 16.5 Å². The lowest BCUT2D eigenvalue weighted by Crippen LogP contribution is -2.11. The Kier molecular flexibility index (Phi) is 2.30. The number of para-hydroxylation sites is 1. The fourth-order valence-electron chi connectivity index (χ4n) is 2.87. The second-order valence-corrected chi connectivity index (χ2v) is 5.15. The van der Waals surface area contributed by atoms with E-state index in [1.54, 1.807) is 12.1 Å². The Bertz CT molecular complexity index is 935. The molecule has 0 saturated heterocycles. The van der Waals surface area contributed by atoms with Gasteiger partial charge in [-0.1, -0.05) is 24.3 Å².